The second kappa shape index (κ2) is 5.50. The Labute approximate surface area is 89.5 Å². The molecule has 1 aliphatic heterocycles. The fourth-order valence-electron chi connectivity index (χ4n) is 1.56. The van der Waals surface area contributed by atoms with Gasteiger partial charge in [0.15, 0.2) is 0 Å². The predicted octanol–water partition coefficient (Wildman–Crippen LogP) is -0.808. The number of carbonyl (C=O) groups is 2. The van der Waals surface area contributed by atoms with Crippen LogP contribution in [0.3, 0.4) is 0 Å². The van der Waals surface area contributed by atoms with E-state index in [1.807, 2.05) is 4.90 Å². The molecule has 0 bridgehead atoms. The molecule has 2 N–H and O–H groups in total. The topological polar surface area (TPSA) is 66.6 Å². The Hall–Kier alpha value is -1.36. The molecule has 1 rings (SSSR count). The molecule has 1 fully saturated rings. The van der Waals surface area contributed by atoms with Gasteiger partial charge in [0.25, 0.3) is 0 Å². The van der Waals surface area contributed by atoms with E-state index >= 15 is 0 Å². The Morgan fingerprint density at radius 1 is 1.27 bits per heavy atom. The van der Waals surface area contributed by atoms with Gasteiger partial charge in [-0.05, 0) is 6.08 Å². The number of amides is 2. The molecule has 1 saturated heterocycles. The molecule has 0 aromatic rings. The van der Waals surface area contributed by atoms with Gasteiger partial charge in [-0.15, -0.1) is 0 Å². The number of nitrogens with two attached hydrogens (primary N) is 1. The SMILES string of the molecule is CC(=O)N1CCN(CC=CC(N)=O)CC1. The van der Waals surface area contributed by atoms with Crippen LogP contribution in [-0.4, -0.2) is 54.3 Å². The number of nitrogens with zero attached hydrogens (tertiary/aromatic N) is 2. The fraction of sp³-hybridized carbons (Fsp3) is 0.600. The number of piperazine rings is 1. The molecule has 15 heavy (non-hydrogen) atoms. The third-order valence-electron chi connectivity index (χ3n) is 2.46. The van der Waals surface area contributed by atoms with Crippen molar-refractivity contribution in [1.82, 2.24) is 9.80 Å². The van der Waals surface area contributed by atoms with Gasteiger partial charge >= 0.3 is 0 Å². The van der Waals surface area contributed by atoms with Crippen molar-refractivity contribution >= 4 is 11.8 Å². The van der Waals surface area contributed by atoms with Gasteiger partial charge in [0, 0.05) is 39.6 Å². The second-order valence-corrected chi connectivity index (χ2v) is 3.61. The molecule has 0 aromatic carbocycles. The number of hydrogen-bond donors (Lipinski definition) is 1. The molecule has 2 amide bonds. The summed E-state index contributed by atoms with van der Waals surface area (Å²) in [5.41, 5.74) is 4.97. The van der Waals surface area contributed by atoms with E-state index < -0.39 is 5.91 Å². The second-order valence-electron chi connectivity index (χ2n) is 3.61. The van der Waals surface area contributed by atoms with E-state index in [0.29, 0.717) is 6.54 Å². The van der Waals surface area contributed by atoms with Gasteiger partial charge in [-0.3, -0.25) is 14.5 Å². The normalized spacial score (nSPS) is 18.3. The standard InChI is InChI=1S/C10H17N3O2/c1-9(14)13-7-5-12(6-8-13)4-2-3-10(11)15/h2-3H,4-8H2,1H3,(H2,11,15). The lowest BCUT2D eigenvalue weighted by atomic mass is 10.3. The highest BCUT2D eigenvalue weighted by molar-refractivity contribution is 5.85. The fourth-order valence-corrected chi connectivity index (χ4v) is 1.56. The monoisotopic (exact) mass is 211 g/mol. The summed E-state index contributed by atoms with van der Waals surface area (Å²) in [4.78, 5) is 25.5. The molecule has 0 spiro atoms. The molecule has 0 unspecified atom stereocenters. The summed E-state index contributed by atoms with van der Waals surface area (Å²) in [6.45, 7) is 5.53. The van der Waals surface area contributed by atoms with E-state index in [4.69, 9.17) is 5.73 Å². The Morgan fingerprint density at radius 2 is 1.87 bits per heavy atom. The predicted molar refractivity (Wildman–Crippen MR) is 57.0 cm³/mol. The number of hydrogen-bond acceptors (Lipinski definition) is 3. The van der Waals surface area contributed by atoms with Crippen molar-refractivity contribution in [3.8, 4) is 0 Å². The van der Waals surface area contributed by atoms with Gasteiger partial charge in [-0.2, -0.15) is 0 Å². The summed E-state index contributed by atoms with van der Waals surface area (Å²) in [6, 6.07) is 0. The molecule has 0 aromatic heterocycles. The van der Waals surface area contributed by atoms with Crippen molar-refractivity contribution in [3.63, 3.8) is 0 Å². The van der Waals surface area contributed by atoms with Gasteiger partial charge in [-0.25, -0.2) is 0 Å². The first-order chi connectivity index (χ1) is 7.09. The molecular weight excluding hydrogens is 194 g/mol. The Morgan fingerprint density at radius 3 is 2.33 bits per heavy atom. The van der Waals surface area contributed by atoms with Crippen LogP contribution < -0.4 is 5.73 Å². The van der Waals surface area contributed by atoms with Crippen molar-refractivity contribution in [3.05, 3.63) is 12.2 Å². The summed E-state index contributed by atoms with van der Waals surface area (Å²) in [7, 11) is 0. The highest BCUT2D eigenvalue weighted by Gasteiger charge is 2.16. The minimum Gasteiger partial charge on any atom is -0.366 e. The zero-order chi connectivity index (χ0) is 11.3. The molecule has 0 atom stereocenters. The van der Waals surface area contributed by atoms with Crippen molar-refractivity contribution in [1.29, 1.82) is 0 Å². The molecule has 1 aliphatic rings. The van der Waals surface area contributed by atoms with E-state index in [1.165, 1.54) is 6.08 Å². The summed E-state index contributed by atoms with van der Waals surface area (Å²) in [5, 5.41) is 0. The van der Waals surface area contributed by atoms with Gasteiger partial charge < -0.3 is 10.6 Å². The third-order valence-corrected chi connectivity index (χ3v) is 2.46. The molecule has 5 nitrogen and oxygen atoms in total. The van der Waals surface area contributed by atoms with Crippen LogP contribution in [-0.2, 0) is 9.59 Å². The van der Waals surface area contributed by atoms with E-state index in [1.54, 1.807) is 13.0 Å². The van der Waals surface area contributed by atoms with Crippen molar-refractivity contribution in [2.45, 2.75) is 6.92 Å². The van der Waals surface area contributed by atoms with Crippen LogP contribution in [0.1, 0.15) is 6.92 Å². The quantitative estimate of drug-likeness (QED) is 0.621. The average Bonchev–Trinajstić information content (AvgIpc) is 2.18. The Kier molecular flexibility index (Phi) is 4.30. The summed E-state index contributed by atoms with van der Waals surface area (Å²) in [5.74, 6) is -0.292. The molecule has 0 saturated carbocycles. The zero-order valence-electron chi connectivity index (χ0n) is 8.98. The Balaban J connectivity index is 2.26. The smallest absolute Gasteiger partial charge is 0.241 e. The van der Waals surface area contributed by atoms with E-state index in [0.717, 1.165) is 26.2 Å². The average molecular weight is 211 g/mol. The summed E-state index contributed by atoms with van der Waals surface area (Å²) in [6.07, 6.45) is 3.13. The maximum atomic E-state index is 11.0. The third kappa shape index (κ3) is 4.12. The summed E-state index contributed by atoms with van der Waals surface area (Å²) >= 11 is 0. The zero-order valence-corrected chi connectivity index (χ0v) is 8.98. The highest BCUT2D eigenvalue weighted by atomic mass is 16.2. The van der Waals surface area contributed by atoms with Gasteiger partial charge in [-0.1, -0.05) is 6.08 Å². The lowest BCUT2D eigenvalue weighted by Crippen LogP contribution is -2.47. The van der Waals surface area contributed by atoms with E-state index in [-0.39, 0.29) is 5.91 Å². The number of rotatable bonds is 3. The lowest BCUT2D eigenvalue weighted by Gasteiger charge is -2.33. The first kappa shape index (κ1) is 11.7. The van der Waals surface area contributed by atoms with Crippen LogP contribution in [0.15, 0.2) is 12.2 Å². The van der Waals surface area contributed by atoms with Crippen molar-refractivity contribution in [2.24, 2.45) is 5.73 Å². The number of carbonyl (C=O) groups excluding carboxylic acids is 2. The number of primary amides is 1. The van der Waals surface area contributed by atoms with Crippen LogP contribution in [0.2, 0.25) is 0 Å². The molecule has 84 valence electrons. The lowest BCUT2D eigenvalue weighted by molar-refractivity contribution is -0.130. The van der Waals surface area contributed by atoms with E-state index in [9.17, 15) is 9.59 Å². The van der Waals surface area contributed by atoms with Crippen molar-refractivity contribution in [2.75, 3.05) is 32.7 Å². The van der Waals surface area contributed by atoms with Crippen LogP contribution in [0.4, 0.5) is 0 Å². The minimum absolute atomic E-state index is 0.127. The first-order valence-electron chi connectivity index (χ1n) is 5.03. The molecule has 0 aliphatic carbocycles. The van der Waals surface area contributed by atoms with Gasteiger partial charge in [0.05, 0.1) is 0 Å². The molecule has 0 radical (unpaired) electrons. The van der Waals surface area contributed by atoms with Crippen LogP contribution in [0.5, 0.6) is 0 Å². The van der Waals surface area contributed by atoms with Gasteiger partial charge in [0.1, 0.15) is 0 Å². The van der Waals surface area contributed by atoms with Gasteiger partial charge in [0.2, 0.25) is 11.8 Å². The van der Waals surface area contributed by atoms with E-state index in [2.05, 4.69) is 4.90 Å². The molecular formula is C10H17N3O2. The molecule has 5 heteroatoms. The molecule has 1 heterocycles. The van der Waals surface area contributed by atoms with Crippen LogP contribution >= 0.6 is 0 Å². The minimum atomic E-state index is -0.419. The van der Waals surface area contributed by atoms with Crippen LogP contribution in [0, 0.1) is 0 Å². The largest absolute Gasteiger partial charge is 0.366 e. The van der Waals surface area contributed by atoms with Crippen molar-refractivity contribution < 1.29 is 9.59 Å². The first-order valence-corrected chi connectivity index (χ1v) is 5.03. The highest BCUT2D eigenvalue weighted by Crippen LogP contribution is 2.01. The summed E-state index contributed by atoms with van der Waals surface area (Å²) < 4.78 is 0. The van der Waals surface area contributed by atoms with Crippen LogP contribution in [0.25, 0.3) is 0 Å². The maximum Gasteiger partial charge on any atom is 0.241 e. The maximum absolute atomic E-state index is 11.0. The Bertz CT molecular complexity index is 268.